The van der Waals surface area contributed by atoms with Crippen molar-refractivity contribution in [3.8, 4) is 0 Å². The highest BCUT2D eigenvalue weighted by Crippen LogP contribution is 2.29. The average molecular weight is 227 g/mol. The molecule has 14 heavy (non-hydrogen) atoms. The van der Waals surface area contributed by atoms with Gasteiger partial charge in [-0.05, 0) is 30.5 Å². The van der Waals surface area contributed by atoms with Crippen molar-refractivity contribution in [3.63, 3.8) is 0 Å². The molecule has 0 unspecified atom stereocenters. The highest BCUT2D eigenvalue weighted by atomic mass is 32.2. The van der Waals surface area contributed by atoms with E-state index in [1.807, 2.05) is 0 Å². The number of rotatable bonds is 4. The zero-order valence-corrected chi connectivity index (χ0v) is 8.38. The van der Waals surface area contributed by atoms with Crippen molar-refractivity contribution in [2.45, 2.75) is 24.8 Å². The third kappa shape index (κ3) is 4.74. The van der Waals surface area contributed by atoms with E-state index in [1.165, 1.54) is 0 Å². The molecule has 1 aliphatic carbocycles. The minimum absolute atomic E-state index is 0.293. The lowest BCUT2D eigenvalue weighted by Crippen LogP contribution is -2.33. The van der Waals surface area contributed by atoms with E-state index in [-0.39, 0.29) is 11.8 Å². The maximum Gasteiger partial charge on any atom is 0.442 e. The number of nitrogens with one attached hydrogen (secondary N) is 1. The van der Waals surface area contributed by atoms with Crippen molar-refractivity contribution in [2.24, 2.45) is 5.92 Å². The molecular formula is C8H12F3NOS. The minimum atomic E-state index is -4.31. The first kappa shape index (κ1) is 11.7. The smallest absolute Gasteiger partial charge is 0.355 e. The van der Waals surface area contributed by atoms with Crippen LogP contribution in [0.4, 0.5) is 13.2 Å². The van der Waals surface area contributed by atoms with Gasteiger partial charge < -0.3 is 5.32 Å². The van der Waals surface area contributed by atoms with Gasteiger partial charge in [-0.2, -0.15) is 13.2 Å². The fourth-order valence-electron chi connectivity index (χ4n) is 1.15. The molecule has 0 aromatic heterocycles. The molecule has 0 saturated heterocycles. The molecule has 6 heteroatoms. The minimum Gasteiger partial charge on any atom is -0.355 e. The van der Waals surface area contributed by atoms with Crippen LogP contribution in [0.3, 0.4) is 0 Å². The van der Waals surface area contributed by atoms with E-state index < -0.39 is 17.2 Å². The lowest BCUT2D eigenvalue weighted by Gasteiger charge is -2.25. The summed E-state index contributed by atoms with van der Waals surface area (Å²) in [5.74, 6) is -0.579. The van der Waals surface area contributed by atoms with Crippen LogP contribution in [0.1, 0.15) is 19.3 Å². The summed E-state index contributed by atoms with van der Waals surface area (Å²) in [5.41, 5.74) is -4.31. The molecule has 0 aromatic carbocycles. The molecule has 0 radical (unpaired) electrons. The first-order valence-electron chi connectivity index (χ1n) is 4.45. The third-order valence-electron chi connectivity index (χ3n) is 2.18. The van der Waals surface area contributed by atoms with E-state index in [9.17, 15) is 18.0 Å². The Morgan fingerprint density at radius 1 is 1.43 bits per heavy atom. The highest BCUT2D eigenvalue weighted by molar-refractivity contribution is 8.00. The molecule has 1 fully saturated rings. The molecule has 0 aliphatic heterocycles. The summed E-state index contributed by atoms with van der Waals surface area (Å²) >= 11 is -0.293. The average Bonchev–Trinajstić information content (AvgIpc) is 1.96. The van der Waals surface area contributed by atoms with Gasteiger partial charge in [-0.3, -0.25) is 4.79 Å². The maximum absolute atomic E-state index is 11.7. The van der Waals surface area contributed by atoms with Crippen molar-refractivity contribution >= 4 is 17.7 Å². The number of halogens is 3. The molecule has 0 heterocycles. The molecule has 1 N–H and O–H groups in total. The van der Waals surface area contributed by atoms with E-state index in [1.54, 1.807) is 0 Å². The molecule has 1 saturated carbocycles. The Morgan fingerprint density at radius 2 is 2.07 bits per heavy atom. The van der Waals surface area contributed by atoms with Gasteiger partial charge in [0.1, 0.15) is 0 Å². The predicted molar refractivity (Wildman–Crippen MR) is 48.9 cm³/mol. The molecule has 0 bridgehead atoms. The van der Waals surface area contributed by atoms with Gasteiger partial charge in [0, 0.05) is 6.54 Å². The predicted octanol–water partition coefficient (Wildman–Crippen LogP) is 2.16. The van der Waals surface area contributed by atoms with E-state index in [2.05, 4.69) is 5.32 Å². The quantitative estimate of drug-likeness (QED) is 0.797. The van der Waals surface area contributed by atoms with Crippen LogP contribution in [-0.4, -0.2) is 23.7 Å². The summed E-state index contributed by atoms with van der Waals surface area (Å²) in [4.78, 5) is 10.9. The molecule has 2 nitrogen and oxygen atoms in total. The molecule has 1 amide bonds. The summed E-state index contributed by atoms with van der Waals surface area (Å²) in [6.07, 6.45) is 3.32. The number of amides is 1. The summed E-state index contributed by atoms with van der Waals surface area (Å²) in [7, 11) is 0. The third-order valence-corrected chi connectivity index (χ3v) is 2.91. The summed E-state index contributed by atoms with van der Waals surface area (Å²) in [6.45, 7) is 0.525. The van der Waals surface area contributed by atoms with Crippen LogP contribution in [0.2, 0.25) is 0 Å². The Hall–Kier alpha value is -0.390. The van der Waals surface area contributed by atoms with Crippen molar-refractivity contribution in [1.29, 1.82) is 0 Å². The fourth-order valence-corrected chi connectivity index (χ4v) is 1.55. The van der Waals surface area contributed by atoms with Gasteiger partial charge in [-0.1, -0.05) is 6.42 Å². The number of hydrogen-bond donors (Lipinski definition) is 1. The SMILES string of the molecule is O=C(CSC(F)(F)F)NCC1CCC1. The van der Waals surface area contributed by atoms with Crippen LogP contribution in [0.15, 0.2) is 0 Å². The van der Waals surface area contributed by atoms with Gasteiger partial charge in [-0.25, -0.2) is 0 Å². The first-order chi connectivity index (χ1) is 6.47. The van der Waals surface area contributed by atoms with Crippen LogP contribution in [0.5, 0.6) is 0 Å². The summed E-state index contributed by atoms with van der Waals surface area (Å²) < 4.78 is 35.0. The van der Waals surface area contributed by atoms with Crippen LogP contribution >= 0.6 is 11.8 Å². The van der Waals surface area contributed by atoms with Gasteiger partial charge in [0.15, 0.2) is 0 Å². The van der Waals surface area contributed by atoms with Gasteiger partial charge in [0.25, 0.3) is 0 Å². The Morgan fingerprint density at radius 3 is 2.50 bits per heavy atom. The lowest BCUT2D eigenvalue weighted by atomic mass is 9.85. The monoisotopic (exact) mass is 227 g/mol. The molecule has 1 rings (SSSR count). The van der Waals surface area contributed by atoms with Crippen molar-refractivity contribution in [3.05, 3.63) is 0 Å². The Bertz CT molecular complexity index is 203. The van der Waals surface area contributed by atoms with Crippen LogP contribution in [-0.2, 0) is 4.79 Å². The number of alkyl halides is 3. The molecule has 82 valence electrons. The van der Waals surface area contributed by atoms with Gasteiger partial charge in [0.2, 0.25) is 5.91 Å². The van der Waals surface area contributed by atoms with Crippen LogP contribution in [0.25, 0.3) is 0 Å². The van der Waals surface area contributed by atoms with Gasteiger partial charge in [0.05, 0.1) is 5.75 Å². The number of hydrogen-bond acceptors (Lipinski definition) is 2. The summed E-state index contributed by atoms with van der Waals surface area (Å²) in [6, 6.07) is 0. The van der Waals surface area contributed by atoms with Crippen LogP contribution in [0, 0.1) is 5.92 Å². The second-order valence-corrected chi connectivity index (χ2v) is 4.38. The van der Waals surface area contributed by atoms with Crippen molar-refractivity contribution in [1.82, 2.24) is 5.32 Å². The van der Waals surface area contributed by atoms with E-state index in [0.717, 1.165) is 19.3 Å². The second-order valence-electron chi connectivity index (χ2n) is 3.34. The standard InChI is InChI=1S/C8H12F3NOS/c9-8(10,11)14-5-7(13)12-4-6-2-1-3-6/h6H,1-5H2,(H,12,13). The fraction of sp³-hybridized carbons (Fsp3) is 0.875. The van der Waals surface area contributed by atoms with Gasteiger partial charge in [-0.15, -0.1) is 0 Å². The molecule has 0 atom stereocenters. The van der Waals surface area contributed by atoms with Crippen LogP contribution < -0.4 is 5.32 Å². The van der Waals surface area contributed by atoms with Crippen molar-refractivity contribution in [2.75, 3.05) is 12.3 Å². The topological polar surface area (TPSA) is 29.1 Å². The number of carbonyl (C=O) groups is 1. The Labute approximate surface area is 84.6 Å². The highest BCUT2D eigenvalue weighted by Gasteiger charge is 2.29. The molecular weight excluding hydrogens is 215 g/mol. The molecule has 0 spiro atoms. The lowest BCUT2D eigenvalue weighted by molar-refractivity contribution is -0.119. The van der Waals surface area contributed by atoms with E-state index in [0.29, 0.717) is 12.5 Å². The van der Waals surface area contributed by atoms with E-state index in [4.69, 9.17) is 0 Å². The number of carbonyl (C=O) groups excluding carboxylic acids is 1. The largest absolute Gasteiger partial charge is 0.442 e. The Balaban J connectivity index is 2.03. The van der Waals surface area contributed by atoms with E-state index >= 15 is 0 Å². The zero-order chi connectivity index (χ0) is 10.6. The zero-order valence-electron chi connectivity index (χ0n) is 7.56. The maximum atomic E-state index is 11.7. The Kier molecular flexibility index (Phi) is 4.10. The molecule has 1 aliphatic rings. The van der Waals surface area contributed by atoms with Gasteiger partial charge >= 0.3 is 5.51 Å². The number of thioether (sulfide) groups is 1. The normalized spacial score (nSPS) is 17.6. The summed E-state index contributed by atoms with van der Waals surface area (Å²) in [5, 5.41) is 2.50. The molecule has 0 aromatic rings. The first-order valence-corrected chi connectivity index (χ1v) is 5.43. The second kappa shape index (κ2) is 4.91. The van der Waals surface area contributed by atoms with Crippen molar-refractivity contribution < 1.29 is 18.0 Å².